The van der Waals surface area contributed by atoms with Crippen LogP contribution < -0.4 is 0 Å². The quantitative estimate of drug-likeness (QED) is 0.243. The summed E-state index contributed by atoms with van der Waals surface area (Å²) in [5.41, 5.74) is 2.17. The fraction of sp³-hybridized carbons (Fsp3) is 0.103. The zero-order chi connectivity index (χ0) is 23.7. The second kappa shape index (κ2) is 8.94. The number of hydrogen-bond donors (Lipinski definition) is 1. The summed E-state index contributed by atoms with van der Waals surface area (Å²) in [6.45, 7) is 0.252. The molecule has 1 atom stereocenters. The third-order valence-electron chi connectivity index (χ3n) is 6.25. The molecule has 4 aromatic rings. The molecule has 0 saturated carbocycles. The Labute approximate surface area is 196 Å². The van der Waals surface area contributed by atoms with Gasteiger partial charge in [0.1, 0.15) is 11.6 Å². The molecule has 0 aliphatic carbocycles. The van der Waals surface area contributed by atoms with Crippen molar-refractivity contribution in [3.05, 3.63) is 125 Å². The van der Waals surface area contributed by atoms with Crippen LogP contribution in [0.15, 0.2) is 103 Å². The van der Waals surface area contributed by atoms with Crippen molar-refractivity contribution in [3.63, 3.8) is 0 Å². The van der Waals surface area contributed by atoms with Gasteiger partial charge in [0.2, 0.25) is 0 Å². The standard InChI is InChI=1S/C29H22FNO3/c30-22-15-13-19(14-16-22)17-18-31-26(21-8-2-1-3-9-21)25(28(33)29(31)34)27(32)24-12-6-10-20-7-4-5-11-23(20)24/h1-16,26,32H,17-18H2/b27-25-. The highest BCUT2D eigenvalue weighted by atomic mass is 19.1. The predicted octanol–water partition coefficient (Wildman–Crippen LogP) is 5.64. The second-order valence-electron chi connectivity index (χ2n) is 8.31. The first-order valence-corrected chi connectivity index (χ1v) is 11.1. The number of rotatable bonds is 5. The van der Waals surface area contributed by atoms with Crippen LogP contribution in [0, 0.1) is 5.82 Å². The summed E-state index contributed by atoms with van der Waals surface area (Å²) < 4.78 is 13.3. The third kappa shape index (κ3) is 3.86. The van der Waals surface area contributed by atoms with Gasteiger partial charge in [-0.1, -0.05) is 84.9 Å². The van der Waals surface area contributed by atoms with E-state index in [0.29, 0.717) is 12.0 Å². The van der Waals surface area contributed by atoms with Gasteiger partial charge in [-0.2, -0.15) is 0 Å². The number of ketones is 1. The number of amides is 1. The fourth-order valence-corrected chi connectivity index (χ4v) is 4.57. The number of carbonyl (C=O) groups is 2. The molecule has 1 aliphatic heterocycles. The summed E-state index contributed by atoms with van der Waals surface area (Å²) in [6.07, 6.45) is 0.449. The first kappa shape index (κ1) is 21.6. The molecule has 4 nitrogen and oxygen atoms in total. The van der Waals surface area contributed by atoms with E-state index in [0.717, 1.165) is 21.9 Å². The molecule has 168 valence electrons. The molecule has 34 heavy (non-hydrogen) atoms. The van der Waals surface area contributed by atoms with Crippen molar-refractivity contribution in [1.82, 2.24) is 4.90 Å². The lowest BCUT2D eigenvalue weighted by atomic mass is 9.93. The fourth-order valence-electron chi connectivity index (χ4n) is 4.57. The number of Topliss-reactive ketones (excluding diaryl/α,β-unsaturated/α-hetero) is 1. The minimum atomic E-state index is -0.722. The number of aliphatic hydroxyl groups is 1. The second-order valence-corrected chi connectivity index (χ2v) is 8.31. The molecular formula is C29H22FNO3. The molecule has 0 bridgehead atoms. The number of fused-ring (bicyclic) bond motifs is 1. The normalized spacial score (nSPS) is 17.4. The van der Waals surface area contributed by atoms with Gasteiger partial charge in [0.25, 0.3) is 11.7 Å². The van der Waals surface area contributed by atoms with Crippen molar-refractivity contribution >= 4 is 28.2 Å². The molecule has 1 unspecified atom stereocenters. The third-order valence-corrected chi connectivity index (χ3v) is 6.25. The molecule has 1 fully saturated rings. The van der Waals surface area contributed by atoms with Crippen LogP contribution in [-0.2, 0) is 16.0 Å². The molecule has 1 heterocycles. The van der Waals surface area contributed by atoms with Crippen LogP contribution >= 0.6 is 0 Å². The summed E-state index contributed by atoms with van der Waals surface area (Å²) in [6, 6.07) is 27.7. The average Bonchev–Trinajstić information content (AvgIpc) is 3.13. The van der Waals surface area contributed by atoms with E-state index in [4.69, 9.17) is 0 Å². The molecule has 1 saturated heterocycles. The molecule has 0 aromatic heterocycles. The van der Waals surface area contributed by atoms with E-state index in [9.17, 15) is 19.1 Å². The summed E-state index contributed by atoms with van der Waals surface area (Å²) in [7, 11) is 0. The summed E-state index contributed by atoms with van der Waals surface area (Å²) in [5.74, 6) is -1.88. The number of likely N-dealkylation sites (tertiary alicyclic amines) is 1. The molecule has 5 rings (SSSR count). The molecule has 4 aromatic carbocycles. The lowest BCUT2D eigenvalue weighted by Crippen LogP contribution is -2.31. The zero-order valence-corrected chi connectivity index (χ0v) is 18.3. The predicted molar refractivity (Wildman–Crippen MR) is 130 cm³/mol. The Balaban J connectivity index is 1.61. The van der Waals surface area contributed by atoms with Crippen molar-refractivity contribution in [3.8, 4) is 0 Å². The van der Waals surface area contributed by atoms with E-state index in [1.165, 1.54) is 17.0 Å². The lowest BCUT2D eigenvalue weighted by molar-refractivity contribution is -0.139. The van der Waals surface area contributed by atoms with E-state index < -0.39 is 17.7 Å². The largest absolute Gasteiger partial charge is 0.507 e. The molecule has 0 spiro atoms. The van der Waals surface area contributed by atoms with Gasteiger partial charge in [-0.3, -0.25) is 9.59 Å². The van der Waals surface area contributed by atoms with E-state index in [2.05, 4.69) is 0 Å². The summed E-state index contributed by atoms with van der Waals surface area (Å²) in [4.78, 5) is 27.9. The topological polar surface area (TPSA) is 57.6 Å². The highest BCUT2D eigenvalue weighted by Gasteiger charge is 2.45. The van der Waals surface area contributed by atoms with E-state index in [1.807, 2.05) is 66.7 Å². The molecule has 1 N–H and O–H groups in total. The van der Waals surface area contributed by atoms with E-state index >= 15 is 0 Å². The maximum atomic E-state index is 13.3. The molecule has 1 amide bonds. The lowest BCUT2D eigenvalue weighted by Gasteiger charge is -2.25. The van der Waals surface area contributed by atoms with Crippen LogP contribution in [0.4, 0.5) is 4.39 Å². The van der Waals surface area contributed by atoms with Crippen LogP contribution in [0.1, 0.15) is 22.7 Å². The average molecular weight is 451 g/mol. The summed E-state index contributed by atoms with van der Waals surface area (Å²) in [5, 5.41) is 13.1. The van der Waals surface area contributed by atoms with Gasteiger partial charge < -0.3 is 10.0 Å². The smallest absolute Gasteiger partial charge is 0.295 e. The van der Waals surface area contributed by atoms with Gasteiger partial charge in [-0.25, -0.2) is 4.39 Å². The van der Waals surface area contributed by atoms with Crippen LogP contribution in [0.25, 0.3) is 16.5 Å². The highest BCUT2D eigenvalue weighted by molar-refractivity contribution is 6.46. The summed E-state index contributed by atoms with van der Waals surface area (Å²) >= 11 is 0. The van der Waals surface area contributed by atoms with Gasteiger partial charge in [-0.15, -0.1) is 0 Å². The van der Waals surface area contributed by atoms with Gasteiger partial charge in [0, 0.05) is 12.1 Å². The van der Waals surface area contributed by atoms with Gasteiger partial charge in [0.05, 0.1) is 11.6 Å². The van der Waals surface area contributed by atoms with E-state index in [1.54, 1.807) is 18.2 Å². The maximum Gasteiger partial charge on any atom is 0.295 e. The van der Waals surface area contributed by atoms with Gasteiger partial charge >= 0.3 is 0 Å². The molecular weight excluding hydrogens is 429 g/mol. The SMILES string of the molecule is O=C1C(=O)N(CCc2ccc(F)cc2)C(c2ccccc2)/C1=C(/O)c1cccc2ccccc12. The van der Waals surface area contributed by atoms with Crippen LogP contribution in [-0.4, -0.2) is 28.2 Å². The number of aliphatic hydroxyl groups excluding tert-OH is 1. The molecule has 0 radical (unpaired) electrons. The van der Waals surface area contributed by atoms with Crippen molar-refractivity contribution in [2.24, 2.45) is 0 Å². The number of benzene rings is 4. The van der Waals surface area contributed by atoms with Crippen LogP contribution in [0.3, 0.4) is 0 Å². The first-order valence-electron chi connectivity index (χ1n) is 11.1. The van der Waals surface area contributed by atoms with Crippen LogP contribution in [0.5, 0.6) is 0 Å². The monoisotopic (exact) mass is 451 g/mol. The Morgan fingerprint density at radius 3 is 2.26 bits per heavy atom. The van der Waals surface area contributed by atoms with Crippen LogP contribution in [0.2, 0.25) is 0 Å². The molecule has 1 aliphatic rings. The van der Waals surface area contributed by atoms with Crippen molar-refractivity contribution in [2.45, 2.75) is 12.5 Å². The Kier molecular flexibility index (Phi) is 5.68. The van der Waals surface area contributed by atoms with Gasteiger partial charge in [0.15, 0.2) is 0 Å². The molecule has 5 heteroatoms. The number of carbonyl (C=O) groups excluding carboxylic acids is 2. The number of nitrogens with zero attached hydrogens (tertiary/aromatic N) is 1. The number of hydrogen-bond acceptors (Lipinski definition) is 3. The highest BCUT2D eigenvalue weighted by Crippen LogP contribution is 2.40. The Bertz CT molecular complexity index is 1410. The Hall–Kier alpha value is -4.25. The Morgan fingerprint density at radius 2 is 1.50 bits per heavy atom. The minimum Gasteiger partial charge on any atom is -0.507 e. The van der Waals surface area contributed by atoms with Crippen molar-refractivity contribution in [1.29, 1.82) is 0 Å². The maximum absolute atomic E-state index is 13.3. The Morgan fingerprint density at radius 1 is 0.824 bits per heavy atom. The van der Waals surface area contributed by atoms with E-state index in [-0.39, 0.29) is 23.7 Å². The van der Waals surface area contributed by atoms with Gasteiger partial charge in [-0.05, 0) is 40.5 Å². The first-order chi connectivity index (χ1) is 16.5. The van der Waals surface area contributed by atoms with Crippen molar-refractivity contribution in [2.75, 3.05) is 6.54 Å². The zero-order valence-electron chi connectivity index (χ0n) is 18.3. The minimum absolute atomic E-state index is 0.0756. The number of halogens is 1. The van der Waals surface area contributed by atoms with Crippen molar-refractivity contribution < 1.29 is 19.1 Å².